The van der Waals surface area contributed by atoms with Crippen LogP contribution in [0.3, 0.4) is 0 Å². The van der Waals surface area contributed by atoms with Crippen molar-refractivity contribution in [1.82, 2.24) is 15.0 Å². The van der Waals surface area contributed by atoms with Crippen LogP contribution in [0.15, 0.2) is 67.1 Å². The summed E-state index contributed by atoms with van der Waals surface area (Å²) in [7, 11) is 0. The molecule has 5 heteroatoms. The summed E-state index contributed by atoms with van der Waals surface area (Å²) < 4.78 is 0. The second-order valence-corrected chi connectivity index (χ2v) is 4.32. The summed E-state index contributed by atoms with van der Waals surface area (Å²) in [6.07, 6.45) is 4.90. The fourth-order valence-electron chi connectivity index (χ4n) is 1.83. The van der Waals surface area contributed by atoms with Crippen LogP contribution < -0.4 is 5.32 Å². The average Bonchev–Trinajstić information content (AvgIpc) is 2.57. The van der Waals surface area contributed by atoms with Crippen LogP contribution in [0, 0.1) is 0 Å². The highest BCUT2D eigenvalue weighted by atomic mass is 16.1. The van der Waals surface area contributed by atoms with E-state index >= 15 is 0 Å². The fourth-order valence-corrected chi connectivity index (χ4v) is 1.83. The molecule has 5 nitrogen and oxygen atoms in total. The van der Waals surface area contributed by atoms with Crippen molar-refractivity contribution in [1.29, 1.82) is 0 Å². The molecule has 0 saturated heterocycles. The number of carbonyl (C=O) groups excluding carboxylic acids is 1. The van der Waals surface area contributed by atoms with Gasteiger partial charge in [-0.1, -0.05) is 12.1 Å². The third kappa shape index (κ3) is 3.09. The van der Waals surface area contributed by atoms with Crippen molar-refractivity contribution in [2.45, 2.75) is 0 Å². The molecule has 1 amide bonds. The Balaban J connectivity index is 1.75. The molecule has 3 rings (SSSR count). The SMILES string of the molecule is O=C(Nc1ccc(-c2ccccn2)nc1)c1ccccn1. The first-order valence-corrected chi connectivity index (χ1v) is 6.43. The van der Waals surface area contributed by atoms with E-state index in [0.717, 1.165) is 11.4 Å². The fraction of sp³-hybridized carbons (Fsp3) is 0. The van der Waals surface area contributed by atoms with Crippen LogP contribution in [0.25, 0.3) is 11.4 Å². The molecule has 0 aliphatic carbocycles. The largest absolute Gasteiger partial charge is 0.319 e. The third-order valence-corrected chi connectivity index (χ3v) is 2.85. The summed E-state index contributed by atoms with van der Waals surface area (Å²) in [5, 5.41) is 2.75. The molecule has 0 atom stereocenters. The van der Waals surface area contributed by atoms with Crippen molar-refractivity contribution in [3.63, 3.8) is 0 Å². The van der Waals surface area contributed by atoms with Crippen LogP contribution in [-0.4, -0.2) is 20.9 Å². The number of amides is 1. The van der Waals surface area contributed by atoms with Crippen LogP contribution >= 0.6 is 0 Å². The zero-order valence-corrected chi connectivity index (χ0v) is 11.1. The van der Waals surface area contributed by atoms with Gasteiger partial charge in [0.25, 0.3) is 5.91 Å². The molecule has 0 unspecified atom stereocenters. The maximum absolute atomic E-state index is 12.0. The number of rotatable bonds is 3. The van der Waals surface area contributed by atoms with E-state index in [0.29, 0.717) is 11.4 Å². The smallest absolute Gasteiger partial charge is 0.274 e. The second-order valence-electron chi connectivity index (χ2n) is 4.32. The van der Waals surface area contributed by atoms with Crippen molar-refractivity contribution in [2.24, 2.45) is 0 Å². The topological polar surface area (TPSA) is 67.8 Å². The van der Waals surface area contributed by atoms with Gasteiger partial charge in [-0.15, -0.1) is 0 Å². The lowest BCUT2D eigenvalue weighted by atomic mass is 10.2. The van der Waals surface area contributed by atoms with Crippen molar-refractivity contribution in [3.8, 4) is 11.4 Å². The highest BCUT2D eigenvalue weighted by molar-refractivity contribution is 6.02. The van der Waals surface area contributed by atoms with Gasteiger partial charge in [-0.05, 0) is 36.4 Å². The van der Waals surface area contributed by atoms with Gasteiger partial charge in [0.1, 0.15) is 5.69 Å². The van der Waals surface area contributed by atoms with E-state index in [1.54, 1.807) is 42.9 Å². The minimum Gasteiger partial charge on any atom is -0.319 e. The molecule has 0 fully saturated rings. The lowest BCUT2D eigenvalue weighted by molar-refractivity contribution is 0.102. The summed E-state index contributed by atoms with van der Waals surface area (Å²) in [5.74, 6) is -0.261. The van der Waals surface area contributed by atoms with Crippen LogP contribution in [0.5, 0.6) is 0 Å². The summed E-state index contributed by atoms with van der Waals surface area (Å²) in [6, 6.07) is 14.4. The Morgan fingerprint density at radius 2 is 1.57 bits per heavy atom. The van der Waals surface area contributed by atoms with Crippen molar-refractivity contribution in [2.75, 3.05) is 5.32 Å². The number of carbonyl (C=O) groups is 1. The first-order valence-electron chi connectivity index (χ1n) is 6.43. The van der Waals surface area contributed by atoms with Gasteiger partial charge in [-0.25, -0.2) is 0 Å². The number of nitrogens with one attached hydrogen (secondary N) is 1. The Labute approximate surface area is 121 Å². The lowest BCUT2D eigenvalue weighted by Gasteiger charge is -2.05. The Kier molecular flexibility index (Phi) is 3.64. The average molecular weight is 276 g/mol. The van der Waals surface area contributed by atoms with E-state index in [4.69, 9.17) is 0 Å². The molecule has 0 spiro atoms. The third-order valence-electron chi connectivity index (χ3n) is 2.85. The molecule has 0 aromatic carbocycles. The Bertz CT molecular complexity index is 727. The van der Waals surface area contributed by atoms with Gasteiger partial charge >= 0.3 is 0 Å². The molecule has 1 N–H and O–H groups in total. The summed E-state index contributed by atoms with van der Waals surface area (Å²) in [6.45, 7) is 0. The standard InChI is InChI=1S/C16H12N4O/c21-16(15-6-2-4-10-18-15)20-12-7-8-14(19-11-12)13-5-1-3-9-17-13/h1-11H,(H,20,21). The summed E-state index contributed by atoms with van der Waals surface area (Å²) in [5.41, 5.74) is 2.53. The van der Waals surface area contributed by atoms with Crippen molar-refractivity contribution in [3.05, 3.63) is 72.8 Å². The van der Waals surface area contributed by atoms with Crippen LogP contribution in [0.4, 0.5) is 5.69 Å². The summed E-state index contributed by atoms with van der Waals surface area (Å²) >= 11 is 0. The molecule has 3 aromatic rings. The molecular formula is C16H12N4O. The molecule has 0 saturated carbocycles. The Morgan fingerprint density at radius 3 is 2.19 bits per heavy atom. The monoisotopic (exact) mass is 276 g/mol. The zero-order chi connectivity index (χ0) is 14.5. The van der Waals surface area contributed by atoms with E-state index < -0.39 is 0 Å². The normalized spacial score (nSPS) is 10.1. The molecule has 0 radical (unpaired) electrons. The van der Waals surface area contributed by atoms with E-state index in [1.807, 2.05) is 24.3 Å². The minimum absolute atomic E-state index is 0.261. The molecule has 0 aliphatic heterocycles. The van der Waals surface area contributed by atoms with Gasteiger partial charge in [0.2, 0.25) is 0 Å². The quantitative estimate of drug-likeness (QED) is 0.798. The predicted octanol–water partition coefficient (Wildman–Crippen LogP) is 2.79. The molecule has 0 bridgehead atoms. The van der Waals surface area contributed by atoms with E-state index in [9.17, 15) is 4.79 Å². The highest BCUT2D eigenvalue weighted by Crippen LogP contribution is 2.16. The second kappa shape index (κ2) is 5.92. The molecular weight excluding hydrogens is 264 g/mol. The van der Waals surface area contributed by atoms with E-state index in [2.05, 4.69) is 20.3 Å². The van der Waals surface area contributed by atoms with Crippen LogP contribution in [-0.2, 0) is 0 Å². The van der Waals surface area contributed by atoms with E-state index in [-0.39, 0.29) is 5.91 Å². The van der Waals surface area contributed by atoms with Gasteiger partial charge in [0.15, 0.2) is 0 Å². The minimum atomic E-state index is -0.261. The van der Waals surface area contributed by atoms with Crippen LogP contribution in [0.1, 0.15) is 10.5 Å². The van der Waals surface area contributed by atoms with Gasteiger partial charge in [0.05, 0.1) is 23.3 Å². The lowest BCUT2D eigenvalue weighted by Crippen LogP contribution is -2.13. The van der Waals surface area contributed by atoms with Gasteiger partial charge in [-0.2, -0.15) is 0 Å². The number of nitrogens with zero attached hydrogens (tertiary/aromatic N) is 3. The van der Waals surface area contributed by atoms with Crippen molar-refractivity contribution < 1.29 is 4.79 Å². The zero-order valence-electron chi connectivity index (χ0n) is 11.1. The number of aromatic nitrogens is 3. The van der Waals surface area contributed by atoms with Crippen LogP contribution in [0.2, 0.25) is 0 Å². The number of anilines is 1. The Morgan fingerprint density at radius 1 is 0.810 bits per heavy atom. The molecule has 3 aromatic heterocycles. The number of hydrogen-bond donors (Lipinski definition) is 1. The van der Waals surface area contributed by atoms with E-state index in [1.165, 1.54) is 0 Å². The summed E-state index contributed by atoms with van der Waals surface area (Å²) in [4.78, 5) is 24.5. The molecule has 0 aliphatic rings. The predicted molar refractivity (Wildman–Crippen MR) is 79.7 cm³/mol. The first-order chi connectivity index (χ1) is 10.3. The Hall–Kier alpha value is -3.08. The molecule has 102 valence electrons. The highest BCUT2D eigenvalue weighted by Gasteiger charge is 2.07. The maximum atomic E-state index is 12.0. The van der Waals surface area contributed by atoms with Crippen molar-refractivity contribution >= 4 is 11.6 Å². The first kappa shape index (κ1) is 12.9. The van der Waals surface area contributed by atoms with Gasteiger partial charge in [0, 0.05) is 12.4 Å². The van der Waals surface area contributed by atoms with Gasteiger partial charge in [-0.3, -0.25) is 19.7 Å². The number of pyridine rings is 3. The molecule has 3 heterocycles. The maximum Gasteiger partial charge on any atom is 0.274 e. The van der Waals surface area contributed by atoms with Gasteiger partial charge < -0.3 is 5.32 Å². The molecule has 21 heavy (non-hydrogen) atoms. The number of hydrogen-bond acceptors (Lipinski definition) is 4.